The lowest BCUT2D eigenvalue weighted by molar-refractivity contribution is 0.0734. The van der Waals surface area contributed by atoms with Crippen molar-refractivity contribution in [1.29, 1.82) is 5.26 Å². The minimum absolute atomic E-state index is 0.00563. The fourth-order valence-corrected chi connectivity index (χ4v) is 4.34. The number of hydrogen-bond acceptors (Lipinski definition) is 6. The molecule has 0 aliphatic carbocycles. The lowest BCUT2D eigenvalue weighted by Crippen LogP contribution is -2.21. The lowest BCUT2D eigenvalue weighted by Gasteiger charge is -2.27. The minimum Gasteiger partial charge on any atom is -0.489 e. The predicted molar refractivity (Wildman–Crippen MR) is 139 cm³/mol. The highest BCUT2D eigenvalue weighted by atomic mass is 35.5. The van der Waals surface area contributed by atoms with E-state index in [4.69, 9.17) is 31.5 Å². The molecule has 6 nitrogen and oxygen atoms in total. The Balaban J connectivity index is 1.43. The second-order valence-electron chi connectivity index (χ2n) is 8.37. The highest BCUT2D eigenvalue weighted by Crippen LogP contribution is 2.44. The van der Waals surface area contributed by atoms with Crippen molar-refractivity contribution < 1.29 is 19.0 Å². The molecule has 1 atom stereocenters. The summed E-state index contributed by atoms with van der Waals surface area (Å²) in [6.45, 7) is 0.416. The molecule has 37 heavy (non-hydrogen) atoms. The Labute approximate surface area is 219 Å². The molecular formula is C30H21ClN2O4. The van der Waals surface area contributed by atoms with Gasteiger partial charge >= 0.3 is 5.97 Å². The number of nitrogens with zero attached hydrogens (tertiary/aromatic N) is 1. The molecule has 5 rings (SSSR count). The third-order valence-corrected chi connectivity index (χ3v) is 6.14. The average Bonchev–Trinajstić information content (AvgIpc) is 2.92. The molecule has 0 amide bonds. The molecule has 0 aromatic heterocycles. The summed E-state index contributed by atoms with van der Waals surface area (Å²) in [7, 11) is 0. The van der Waals surface area contributed by atoms with Crippen LogP contribution in [0.15, 0.2) is 109 Å². The molecule has 7 heteroatoms. The van der Waals surface area contributed by atoms with Crippen molar-refractivity contribution in [3.05, 3.63) is 136 Å². The number of nitriles is 1. The van der Waals surface area contributed by atoms with Gasteiger partial charge in [-0.2, -0.15) is 5.26 Å². The number of nitrogens with two attached hydrogens (primary N) is 1. The Morgan fingerprint density at radius 2 is 1.76 bits per heavy atom. The summed E-state index contributed by atoms with van der Waals surface area (Å²) >= 11 is 5.98. The second-order valence-corrected chi connectivity index (χ2v) is 8.81. The van der Waals surface area contributed by atoms with Gasteiger partial charge in [0.1, 0.15) is 35.5 Å². The van der Waals surface area contributed by atoms with Gasteiger partial charge in [-0.3, -0.25) is 0 Å². The molecule has 1 unspecified atom stereocenters. The Morgan fingerprint density at radius 3 is 2.54 bits per heavy atom. The van der Waals surface area contributed by atoms with Gasteiger partial charge in [0.25, 0.3) is 0 Å². The van der Waals surface area contributed by atoms with Crippen molar-refractivity contribution in [2.45, 2.75) is 12.5 Å². The highest BCUT2D eigenvalue weighted by molar-refractivity contribution is 6.30. The predicted octanol–water partition coefficient (Wildman–Crippen LogP) is 6.36. The molecule has 2 N–H and O–H groups in total. The fourth-order valence-electron chi connectivity index (χ4n) is 4.15. The fraction of sp³-hybridized carbons (Fsp3) is 0.0667. The van der Waals surface area contributed by atoms with E-state index in [0.717, 1.165) is 11.1 Å². The Morgan fingerprint density at radius 1 is 0.946 bits per heavy atom. The summed E-state index contributed by atoms with van der Waals surface area (Å²) in [4.78, 5) is 12.6. The molecule has 0 bridgehead atoms. The van der Waals surface area contributed by atoms with Crippen LogP contribution in [0.4, 0.5) is 0 Å². The molecule has 0 radical (unpaired) electrons. The number of carbonyl (C=O) groups excluding carboxylic acids is 1. The maximum absolute atomic E-state index is 12.6. The minimum atomic E-state index is -0.556. The maximum atomic E-state index is 12.6. The Hall–Kier alpha value is -4.73. The Kier molecular flexibility index (Phi) is 6.80. The first-order chi connectivity index (χ1) is 18.0. The molecule has 0 fully saturated rings. The SMILES string of the molecule is N#CC1=C(N)Oc2cc(OC(=O)c3cccc(Cl)c3)ccc2C1c1cccc(OCc2ccccc2)c1. The summed E-state index contributed by atoms with van der Waals surface area (Å²) < 4.78 is 17.3. The van der Waals surface area contributed by atoms with Gasteiger partial charge in [0.2, 0.25) is 5.88 Å². The summed E-state index contributed by atoms with van der Waals surface area (Å²) in [5, 5.41) is 10.3. The smallest absolute Gasteiger partial charge is 0.343 e. The van der Waals surface area contributed by atoms with Crippen LogP contribution in [0, 0.1) is 11.3 Å². The summed E-state index contributed by atoms with van der Waals surface area (Å²) in [6.07, 6.45) is 0. The van der Waals surface area contributed by atoms with Gasteiger partial charge < -0.3 is 19.9 Å². The molecular weight excluding hydrogens is 488 g/mol. The first-order valence-electron chi connectivity index (χ1n) is 11.5. The highest BCUT2D eigenvalue weighted by Gasteiger charge is 2.31. The number of halogens is 1. The number of rotatable bonds is 6. The molecule has 1 aliphatic heterocycles. The zero-order valence-electron chi connectivity index (χ0n) is 19.6. The number of ether oxygens (including phenoxy) is 3. The number of fused-ring (bicyclic) bond motifs is 1. The Bertz CT molecular complexity index is 1540. The van der Waals surface area contributed by atoms with Crippen LogP contribution in [0.25, 0.3) is 0 Å². The number of carbonyl (C=O) groups is 1. The zero-order valence-corrected chi connectivity index (χ0v) is 20.3. The standard InChI is InChI=1S/C30H21ClN2O4/c31-22-10-4-9-21(14-22)30(34)36-24-12-13-25-27(16-24)37-29(33)26(17-32)28(25)20-8-5-11-23(15-20)35-18-19-6-2-1-3-7-19/h1-16,28H,18,33H2. The molecule has 0 saturated carbocycles. The average molecular weight is 509 g/mol. The summed E-state index contributed by atoms with van der Waals surface area (Å²) in [5.74, 6) is 0.293. The van der Waals surface area contributed by atoms with E-state index in [1.807, 2.05) is 54.6 Å². The van der Waals surface area contributed by atoms with Crippen LogP contribution < -0.4 is 19.9 Å². The van der Waals surface area contributed by atoms with Crippen molar-refractivity contribution in [3.8, 4) is 23.3 Å². The molecule has 4 aromatic carbocycles. The second kappa shape index (κ2) is 10.5. The molecule has 4 aromatic rings. The van der Waals surface area contributed by atoms with Crippen LogP contribution in [-0.2, 0) is 6.61 Å². The topological polar surface area (TPSA) is 94.6 Å². The van der Waals surface area contributed by atoms with E-state index in [1.54, 1.807) is 36.4 Å². The zero-order chi connectivity index (χ0) is 25.8. The van der Waals surface area contributed by atoms with Crippen LogP contribution in [0.2, 0.25) is 5.02 Å². The van der Waals surface area contributed by atoms with Crippen molar-refractivity contribution in [3.63, 3.8) is 0 Å². The summed E-state index contributed by atoms with van der Waals surface area (Å²) in [6, 6.07) is 31.1. The van der Waals surface area contributed by atoms with Gasteiger partial charge in [0.05, 0.1) is 11.5 Å². The molecule has 1 aliphatic rings. The van der Waals surface area contributed by atoms with E-state index in [9.17, 15) is 10.1 Å². The van der Waals surface area contributed by atoms with Gasteiger partial charge in [0, 0.05) is 16.7 Å². The number of esters is 1. The van der Waals surface area contributed by atoms with Crippen LogP contribution in [0.1, 0.15) is 33.0 Å². The first kappa shape index (κ1) is 24.0. The molecule has 1 heterocycles. The van der Waals surface area contributed by atoms with E-state index >= 15 is 0 Å². The van der Waals surface area contributed by atoms with E-state index in [-0.39, 0.29) is 17.2 Å². The van der Waals surface area contributed by atoms with Crippen molar-refractivity contribution in [2.24, 2.45) is 5.73 Å². The van der Waals surface area contributed by atoms with E-state index in [2.05, 4.69) is 6.07 Å². The first-order valence-corrected chi connectivity index (χ1v) is 11.9. The van der Waals surface area contributed by atoms with Crippen molar-refractivity contribution >= 4 is 17.6 Å². The van der Waals surface area contributed by atoms with Crippen molar-refractivity contribution in [1.82, 2.24) is 0 Å². The van der Waals surface area contributed by atoms with Gasteiger partial charge in [-0.15, -0.1) is 0 Å². The van der Waals surface area contributed by atoms with E-state index < -0.39 is 11.9 Å². The molecule has 0 spiro atoms. The van der Waals surface area contributed by atoms with E-state index in [0.29, 0.717) is 34.3 Å². The molecule has 182 valence electrons. The normalized spacial score (nSPS) is 14.2. The monoisotopic (exact) mass is 508 g/mol. The lowest BCUT2D eigenvalue weighted by atomic mass is 9.83. The number of benzene rings is 4. The van der Waals surface area contributed by atoms with Gasteiger partial charge in [-0.05, 0) is 47.5 Å². The van der Waals surface area contributed by atoms with Crippen LogP contribution in [-0.4, -0.2) is 5.97 Å². The van der Waals surface area contributed by atoms with Gasteiger partial charge in [0.15, 0.2) is 0 Å². The van der Waals surface area contributed by atoms with Gasteiger partial charge in [-0.25, -0.2) is 4.79 Å². The van der Waals surface area contributed by atoms with Crippen LogP contribution >= 0.6 is 11.6 Å². The number of allylic oxidation sites excluding steroid dienone is 1. The molecule has 0 saturated heterocycles. The van der Waals surface area contributed by atoms with E-state index in [1.165, 1.54) is 6.07 Å². The quantitative estimate of drug-likeness (QED) is 0.240. The third-order valence-electron chi connectivity index (χ3n) is 5.90. The van der Waals surface area contributed by atoms with Crippen LogP contribution in [0.3, 0.4) is 0 Å². The maximum Gasteiger partial charge on any atom is 0.343 e. The summed E-state index contributed by atoms with van der Waals surface area (Å²) in [5.41, 5.74) is 9.34. The van der Waals surface area contributed by atoms with Crippen molar-refractivity contribution in [2.75, 3.05) is 0 Å². The van der Waals surface area contributed by atoms with Crippen LogP contribution in [0.5, 0.6) is 17.2 Å². The van der Waals surface area contributed by atoms with Gasteiger partial charge in [-0.1, -0.05) is 66.2 Å². The largest absolute Gasteiger partial charge is 0.489 e. The third kappa shape index (κ3) is 5.27. The number of hydrogen-bond donors (Lipinski definition) is 1.